The van der Waals surface area contributed by atoms with Gasteiger partial charge in [-0.3, -0.25) is 4.90 Å². The molecule has 2 aliphatic rings. The number of rotatable bonds is 2. The highest BCUT2D eigenvalue weighted by Gasteiger charge is 2.31. The molecular weight excluding hydrogens is 216 g/mol. The summed E-state index contributed by atoms with van der Waals surface area (Å²) < 4.78 is 0. The highest BCUT2D eigenvalue weighted by atomic mass is 16.2. The Hall–Kier alpha value is -0.810. The third-order valence-electron chi connectivity index (χ3n) is 4.03. The van der Waals surface area contributed by atoms with E-state index < -0.39 is 0 Å². The van der Waals surface area contributed by atoms with Crippen LogP contribution in [0.3, 0.4) is 0 Å². The van der Waals surface area contributed by atoms with Gasteiger partial charge in [0.2, 0.25) is 0 Å². The van der Waals surface area contributed by atoms with Crippen molar-refractivity contribution in [2.45, 2.75) is 24.9 Å². The van der Waals surface area contributed by atoms with E-state index >= 15 is 0 Å². The van der Waals surface area contributed by atoms with Crippen LogP contribution < -0.4 is 5.32 Å². The first-order valence-electron chi connectivity index (χ1n) is 6.48. The normalized spacial score (nSPS) is 22.7. The number of nitrogens with zero attached hydrogens (tertiary/aromatic N) is 3. The zero-order valence-corrected chi connectivity index (χ0v) is 11.1. The first-order chi connectivity index (χ1) is 8.09. The molecule has 0 radical (unpaired) electrons. The minimum atomic E-state index is 0.149. The molecule has 2 fully saturated rings. The van der Waals surface area contributed by atoms with Crippen LogP contribution in [-0.2, 0) is 0 Å². The molecule has 0 spiro atoms. The summed E-state index contributed by atoms with van der Waals surface area (Å²) in [6, 6.07) is 1.50. The molecule has 17 heavy (non-hydrogen) atoms. The van der Waals surface area contributed by atoms with E-state index in [0.29, 0.717) is 12.1 Å². The van der Waals surface area contributed by atoms with Crippen LogP contribution in [0, 0.1) is 0 Å². The predicted molar refractivity (Wildman–Crippen MR) is 68.1 cm³/mol. The van der Waals surface area contributed by atoms with E-state index in [1.54, 1.807) is 4.90 Å². The summed E-state index contributed by atoms with van der Waals surface area (Å²) >= 11 is 0. The van der Waals surface area contributed by atoms with Gasteiger partial charge in [0.1, 0.15) is 0 Å². The van der Waals surface area contributed by atoms with Crippen LogP contribution in [0.5, 0.6) is 0 Å². The summed E-state index contributed by atoms with van der Waals surface area (Å²) in [7, 11) is 5.86. The Labute approximate surface area is 104 Å². The van der Waals surface area contributed by atoms with Crippen molar-refractivity contribution in [1.82, 2.24) is 20.0 Å². The molecule has 0 saturated carbocycles. The van der Waals surface area contributed by atoms with Gasteiger partial charge in [-0.15, -0.1) is 0 Å². The van der Waals surface area contributed by atoms with Gasteiger partial charge in [0.15, 0.2) is 0 Å². The summed E-state index contributed by atoms with van der Waals surface area (Å²) in [6.45, 7) is 4.03. The quantitative estimate of drug-likeness (QED) is 0.740. The van der Waals surface area contributed by atoms with Crippen molar-refractivity contribution in [2.24, 2.45) is 0 Å². The van der Waals surface area contributed by atoms with E-state index in [1.807, 2.05) is 19.0 Å². The highest BCUT2D eigenvalue weighted by Crippen LogP contribution is 2.19. The Morgan fingerprint density at radius 3 is 2.12 bits per heavy atom. The second-order valence-corrected chi connectivity index (χ2v) is 5.37. The fourth-order valence-corrected chi connectivity index (χ4v) is 2.61. The lowest BCUT2D eigenvalue weighted by Gasteiger charge is -2.44. The second-order valence-electron chi connectivity index (χ2n) is 5.37. The zero-order chi connectivity index (χ0) is 12.4. The molecule has 5 nitrogen and oxygen atoms in total. The number of likely N-dealkylation sites (N-methyl/N-ethyl adjacent to an activating group) is 1. The summed E-state index contributed by atoms with van der Waals surface area (Å²) in [5.74, 6) is 0. The summed E-state index contributed by atoms with van der Waals surface area (Å²) in [4.78, 5) is 17.9. The Kier molecular flexibility index (Phi) is 3.89. The van der Waals surface area contributed by atoms with Crippen LogP contribution >= 0.6 is 0 Å². The second kappa shape index (κ2) is 5.23. The third kappa shape index (κ3) is 2.72. The van der Waals surface area contributed by atoms with Gasteiger partial charge in [-0.1, -0.05) is 0 Å². The van der Waals surface area contributed by atoms with E-state index in [0.717, 1.165) is 39.0 Å². The van der Waals surface area contributed by atoms with Gasteiger partial charge in [0.05, 0.1) is 0 Å². The molecule has 0 atom stereocenters. The Balaban J connectivity index is 1.79. The molecule has 0 unspecified atom stereocenters. The molecular formula is C12H24N4O. The lowest BCUT2D eigenvalue weighted by molar-refractivity contribution is 0.0775. The molecule has 5 heteroatoms. The molecule has 0 bridgehead atoms. The standard InChI is InChI=1S/C12H24N4O/c1-14(2)12(17)16-6-4-10(5-7-16)15(3)11-8-13-9-11/h10-11,13H,4-9H2,1-3H3. The first-order valence-corrected chi connectivity index (χ1v) is 6.48. The molecule has 2 aliphatic heterocycles. The van der Waals surface area contributed by atoms with E-state index in [2.05, 4.69) is 17.3 Å². The highest BCUT2D eigenvalue weighted by molar-refractivity contribution is 5.73. The van der Waals surface area contributed by atoms with Crippen molar-refractivity contribution in [3.8, 4) is 0 Å². The van der Waals surface area contributed by atoms with Crippen LogP contribution in [0.1, 0.15) is 12.8 Å². The van der Waals surface area contributed by atoms with Gasteiger partial charge in [-0.05, 0) is 19.9 Å². The van der Waals surface area contributed by atoms with Crippen molar-refractivity contribution in [3.05, 3.63) is 0 Å². The van der Waals surface area contributed by atoms with Crippen molar-refractivity contribution >= 4 is 6.03 Å². The molecule has 0 aliphatic carbocycles. The van der Waals surface area contributed by atoms with E-state index in [-0.39, 0.29) is 6.03 Å². The molecule has 2 amide bonds. The number of hydrogen-bond acceptors (Lipinski definition) is 3. The fraction of sp³-hybridized carbons (Fsp3) is 0.917. The average Bonchev–Trinajstić information content (AvgIpc) is 2.25. The SMILES string of the molecule is CN(C)C(=O)N1CCC(N(C)C2CNC2)CC1. The molecule has 0 aromatic carbocycles. The zero-order valence-electron chi connectivity index (χ0n) is 11.1. The number of piperidine rings is 1. The lowest BCUT2D eigenvalue weighted by Crippen LogP contribution is -2.60. The minimum Gasteiger partial charge on any atom is -0.331 e. The maximum Gasteiger partial charge on any atom is 0.319 e. The van der Waals surface area contributed by atoms with E-state index in [4.69, 9.17) is 0 Å². The summed E-state index contributed by atoms with van der Waals surface area (Å²) in [6.07, 6.45) is 2.21. The van der Waals surface area contributed by atoms with Crippen LogP contribution in [0.15, 0.2) is 0 Å². The van der Waals surface area contributed by atoms with Gasteiger partial charge in [-0.2, -0.15) is 0 Å². The average molecular weight is 240 g/mol. The number of carbonyl (C=O) groups excluding carboxylic acids is 1. The Bertz CT molecular complexity index is 270. The monoisotopic (exact) mass is 240 g/mol. The Morgan fingerprint density at radius 1 is 1.12 bits per heavy atom. The van der Waals surface area contributed by atoms with Gasteiger partial charge >= 0.3 is 6.03 Å². The van der Waals surface area contributed by atoms with Crippen LogP contribution in [0.4, 0.5) is 4.79 Å². The molecule has 0 aromatic rings. The molecule has 2 saturated heterocycles. The van der Waals surface area contributed by atoms with Crippen molar-refractivity contribution in [1.29, 1.82) is 0 Å². The van der Waals surface area contributed by atoms with Gasteiger partial charge in [0, 0.05) is 52.4 Å². The molecule has 98 valence electrons. The number of amides is 2. The van der Waals surface area contributed by atoms with E-state index in [9.17, 15) is 4.79 Å². The number of urea groups is 1. The molecule has 1 N–H and O–H groups in total. The maximum absolute atomic E-state index is 11.8. The lowest BCUT2D eigenvalue weighted by atomic mass is 10.00. The number of likely N-dealkylation sites (tertiary alicyclic amines) is 1. The van der Waals surface area contributed by atoms with Gasteiger partial charge in [-0.25, -0.2) is 4.79 Å². The minimum absolute atomic E-state index is 0.149. The van der Waals surface area contributed by atoms with Gasteiger partial charge in [0.25, 0.3) is 0 Å². The van der Waals surface area contributed by atoms with Crippen molar-refractivity contribution in [3.63, 3.8) is 0 Å². The number of hydrogen-bond donors (Lipinski definition) is 1. The number of carbonyl (C=O) groups is 1. The fourth-order valence-electron chi connectivity index (χ4n) is 2.61. The molecule has 0 aromatic heterocycles. The van der Waals surface area contributed by atoms with E-state index in [1.165, 1.54) is 0 Å². The third-order valence-corrected chi connectivity index (χ3v) is 4.03. The molecule has 2 rings (SSSR count). The maximum atomic E-state index is 11.8. The summed E-state index contributed by atoms with van der Waals surface area (Å²) in [5.41, 5.74) is 0. The van der Waals surface area contributed by atoms with Crippen LogP contribution in [-0.4, -0.2) is 80.1 Å². The first kappa shape index (κ1) is 12.6. The largest absolute Gasteiger partial charge is 0.331 e. The van der Waals surface area contributed by atoms with Crippen molar-refractivity contribution in [2.75, 3.05) is 47.3 Å². The predicted octanol–water partition coefficient (Wildman–Crippen LogP) is 0.0360. The topological polar surface area (TPSA) is 38.8 Å². The smallest absolute Gasteiger partial charge is 0.319 e. The number of nitrogens with one attached hydrogen (secondary N) is 1. The van der Waals surface area contributed by atoms with Gasteiger partial charge < -0.3 is 15.1 Å². The summed E-state index contributed by atoms with van der Waals surface area (Å²) in [5, 5.41) is 3.31. The van der Waals surface area contributed by atoms with Crippen LogP contribution in [0.2, 0.25) is 0 Å². The Morgan fingerprint density at radius 2 is 1.71 bits per heavy atom. The molecule has 2 heterocycles. The van der Waals surface area contributed by atoms with Crippen molar-refractivity contribution < 1.29 is 4.79 Å². The van der Waals surface area contributed by atoms with Crippen LogP contribution in [0.25, 0.3) is 0 Å².